The molecule has 0 saturated carbocycles. The van der Waals surface area contributed by atoms with Crippen molar-refractivity contribution in [1.82, 2.24) is 35.6 Å². The van der Waals surface area contributed by atoms with Gasteiger partial charge in [0, 0.05) is 97.5 Å². The van der Waals surface area contributed by atoms with Crippen molar-refractivity contribution < 1.29 is 9.59 Å². The van der Waals surface area contributed by atoms with Crippen LogP contribution in [0.15, 0.2) is 71.9 Å². The topological polar surface area (TPSA) is 130 Å². The zero-order valence-corrected chi connectivity index (χ0v) is 28.2. The number of hydrogen-bond donors (Lipinski definition) is 4. The van der Waals surface area contributed by atoms with Crippen LogP contribution in [0.5, 0.6) is 0 Å². The first kappa shape index (κ1) is 32.4. The van der Waals surface area contributed by atoms with Crippen molar-refractivity contribution in [3.05, 3.63) is 98.1 Å². The fraction of sp³-hybridized carbons (Fsp3) is 0.286. The van der Waals surface area contributed by atoms with Crippen LogP contribution in [0.4, 0.5) is 0 Å². The molecular weight excluding hydrogens is 669 g/mol. The molecule has 0 spiro atoms. The van der Waals surface area contributed by atoms with Crippen molar-refractivity contribution in [3.63, 3.8) is 0 Å². The van der Waals surface area contributed by atoms with Gasteiger partial charge in [-0.15, -0.1) is 11.3 Å². The molecule has 3 aromatic heterocycles. The van der Waals surface area contributed by atoms with E-state index in [-0.39, 0.29) is 29.5 Å². The Morgan fingerprint density at radius 2 is 1.42 bits per heavy atom. The van der Waals surface area contributed by atoms with Gasteiger partial charge in [-0.2, -0.15) is 0 Å². The van der Waals surface area contributed by atoms with Gasteiger partial charge in [0.15, 0.2) is 0 Å². The highest BCUT2D eigenvalue weighted by atomic mass is 35.5. The van der Waals surface area contributed by atoms with Crippen molar-refractivity contribution in [3.8, 4) is 32.7 Å². The molecule has 7 rings (SSSR count). The second kappa shape index (κ2) is 14.2. The standard InChI is InChI=1S/C35H33Cl2N7O3S/c36-33-24(20-11-12-44-29(13-20)40-15-21(35(44)47)14-38-16-22-7-9-30(45)42-22)3-1-4-25(33)26-5-2-6-27(34(26)37)28-18-41-32(48-28)19-39-17-23-8-10-31(46)43-23/h1-6,11-13,15,18,22-23,38-39H,7-10,14,16-17,19H2,(H,42,45)(H,43,46)/t22-,23?/m0/s1. The third kappa shape index (κ3) is 6.87. The first-order valence-electron chi connectivity index (χ1n) is 15.9. The summed E-state index contributed by atoms with van der Waals surface area (Å²) >= 11 is 15.7. The van der Waals surface area contributed by atoms with E-state index in [2.05, 4.69) is 31.2 Å². The van der Waals surface area contributed by atoms with Crippen LogP contribution in [0.3, 0.4) is 0 Å². The quantitative estimate of drug-likeness (QED) is 0.149. The Morgan fingerprint density at radius 1 is 0.792 bits per heavy atom. The Labute approximate surface area is 290 Å². The molecule has 5 heterocycles. The maximum Gasteiger partial charge on any atom is 0.262 e. The molecule has 2 fully saturated rings. The minimum absolute atomic E-state index is 0.0652. The number of pyridine rings is 1. The first-order valence-corrected chi connectivity index (χ1v) is 17.4. The number of fused-ring (bicyclic) bond motifs is 1. The maximum absolute atomic E-state index is 13.2. The summed E-state index contributed by atoms with van der Waals surface area (Å²) in [4.78, 5) is 46.2. The highest BCUT2D eigenvalue weighted by Gasteiger charge is 2.22. The van der Waals surface area contributed by atoms with Gasteiger partial charge >= 0.3 is 0 Å². The van der Waals surface area contributed by atoms with E-state index < -0.39 is 0 Å². The van der Waals surface area contributed by atoms with Gasteiger partial charge in [0.25, 0.3) is 5.56 Å². The lowest BCUT2D eigenvalue weighted by Crippen LogP contribution is -2.36. The van der Waals surface area contributed by atoms with Gasteiger partial charge in [-0.1, -0.05) is 59.6 Å². The maximum atomic E-state index is 13.2. The fourth-order valence-electron chi connectivity index (χ4n) is 6.21. The monoisotopic (exact) mass is 701 g/mol. The molecule has 246 valence electrons. The molecule has 48 heavy (non-hydrogen) atoms. The van der Waals surface area contributed by atoms with E-state index in [4.69, 9.17) is 23.2 Å². The minimum Gasteiger partial charge on any atom is -0.352 e. The zero-order chi connectivity index (χ0) is 33.2. The smallest absolute Gasteiger partial charge is 0.262 e. The van der Waals surface area contributed by atoms with Crippen LogP contribution in [-0.4, -0.2) is 51.4 Å². The predicted octanol–water partition coefficient (Wildman–Crippen LogP) is 5.20. The molecule has 2 amide bonds. The molecular formula is C35H33Cl2N7O3S. The van der Waals surface area contributed by atoms with Gasteiger partial charge in [0.2, 0.25) is 11.8 Å². The SMILES string of the molecule is O=C1CCC(CNCc2ncc(-c3cccc(-c4cccc(-c5ccn6c(=O)c(CNC[C@@H]7CCC(=O)N7)cnc6c5)c4Cl)c3Cl)s2)N1. The van der Waals surface area contributed by atoms with Crippen LogP contribution < -0.4 is 26.8 Å². The fourth-order valence-corrected chi connectivity index (χ4v) is 7.85. The number of hydrogen-bond acceptors (Lipinski definition) is 8. The van der Waals surface area contributed by atoms with Crippen LogP contribution in [-0.2, 0) is 22.7 Å². The zero-order valence-electron chi connectivity index (χ0n) is 25.9. The lowest BCUT2D eigenvalue weighted by Gasteiger charge is -2.14. The largest absolute Gasteiger partial charge is 0.352 e. The van der Waals surface area contributed by atoms with E-state index in [1.165, 1.54) is 4.40 Å². The van der Waals surface area contributed by atoms with Crippen molar-refractivity contribution in [2.75, 3.05) is 13.1 Å². The second-order valence-electron chi connectivity index (χ2n) is 12.1. The number of benzene rings is 2. The molecule has 0 aliphatic carbocycles. The van der Waals surface area contributed by atoms with Crippen molar-refractivity contribution in [2.24, 2.45) is 0 Å². The van der Waals surface area contributed by atoms with E-state index in [1.54, 1.807) is 23.7 Å². The van der Waals surface area contributed by atoms with Crippen molar-refractivity contribution in [1.29, 1.82) is 0 Å². The molecule has 5 aromatic rings. The molecule has 10 nitrogen and oxygen atoms in total. The number of amides is 2. The Balaban J connectivity index is 1.08. The molecule has 0 radical (unpaired) electrons. The molecule has 2 aliphatic rings. The molecule has 2 aliphatic heterocycles. The van der Waals surface area contributed by atoms with Crippen LogP contribution in [0, 0.1) is 0 Å². The normalized spacial score (nSPS) is 17.6. The highest BCUT2D eigenvalue weighted by Crippen LogP contribution is 2.43. The Kier molecular flexibility index (Phi) is 9.56. The van der Waals surface area contributed by atoms with E-state index in [0.29, 0.717) is 60.3 Å². The summed E-state index contributed by atoms with van der Waals surface area (Å²) in [5, 5.41) is 14.6. The van der Waals surface area contributed by atoms with Crippen LogP contribution in [0.2, 0.25) is 10.0 Å². The Hall–Kier alpha value is -4.13. The highest BCUT2D eigenvalue weighted by molar-refractivity contribution is 7.15. The van der Waals surface area contributed by atoms with Crippen LogP contribution in [0.25, 0.3) is 38.3 Å². The van der Waals surface area contributed by atoms with E-state index in [1.807, 2.05) is 54.7 Å². The third-order valence-corrected chi connectivity index (χ3v) is 10.6. The third-order valence-electron chi connectivity index (χ3n) is 8.74. The molecule has 0 bridgehead atoms. The molecule has 1 unspecified atom stereocenters. The number of carbonyl (C=O) groups excluding carboxylic acids is 2. The summed E-state index contributed by atoms with van der Waals surface area (Å²) in [6.07, 6.45) is 7.92. The number of rotatable bonds is 11. The number of halogens is 2. The molecule has 2 atom stereocenters. The molecule has 2 saturated heterocycles. The number of nitrogens with zero attached hydrogens (tertiary/aromatic N) is 3. The predicted molar refractivity (Wildman–Crippen MR) is 189 cm³/mol. The van der Waals surface area contributed by atoms with E-state index >= 15 is 0 Å². The number of aromatic nitrogens is 3. The molecule has 4 N–H and O–H groups in total. The summed E-state index contributed by atoms with van der Waals surface area (Å²) < 4.78 is 1.53. The summed E-state index contributed by atoms with van der Waals surface area (Å²) in [6.45, 7) is 2.27. The van der Waals surface area contributed by atoms with Gasteiger partial charge in [-0.3, -0.25) is 18.8 Å². The summed E-state index contributed by atoms with van der Waals surface area (Å²) in [5.41, 5.74) is 4.97. The number of carbonyl (C=O) groups is 2. The lowest BCUT2D eigenvalue weighted by atomic mass is 9.97. The average molecular weight is 703 g/mol. The van der Waals surface area contributed by atoms with Gasteiger partial charge in [0.1, 0.15) is 10.7 Å². The number of nitrogens with one attached hydrogen (secondary N) is 4. The van der Waals surface area contributed by atoms with Gasteiger partial charge < -0.3 is 21.3 Å². The minimum atomic E-state index is -0.151. The number of thiazole rings is 1. The molecule has 2 aromatic carbocycles. The van der Waals surface area contributed by atoms with Gasteiger partial charge in [0.05, 0.1) is 14.9 Å². The molecule has 13 heteroatoms. The second-order valence-corrected chi connectivity index (χ2v) is 13.9. The summed E-state index contributed by atoms with van der Waals surface area (Å²) in [5.74, 6) is 0.173. The summed E-state index contributed by atoms with van der Waals surface area (Å²) in [7, 11) is 0. The van der Waals surface area contributed by atoms with Crippen molar-refractivity contribution in [2.45, 2.75) is 50.9 Å². The van der Waals surface area contributed by atoms with E-state index in [0.717, 1.165) is 50.5 Å². The summed E-state index contributed by atoms with van der Waals surface area (Å²) in [6, 6.07) is 15.7. The Bertz CT molecular complexity index is 2080. The van der Waals surface area contributed by atoms with Crippen LogP contribution >= 0.6 is 34.5 Å². The first-order chi connectivity index (χ1) is 23.3. The van der Waals surface area contributed by atoms with E-state index in [9.17, 15) is 14.4 Å². The van der Waals surface area contributed by atoms with Crippen molar-refractivity contribution >= 4 is 52.0 Å². The van der Waals surface area contributed by atoms with Gasteiger partial charge in [-0.25, -0.2) is 9.97 Å². The lowest BCUT2D eigenvalue weighted by molar-refractivity contribution is -0.120. The van der Waals surface area contributed by atoms with Gasteiger partial charge in [-0.05, 0) is 30.5 Å². The Morgan fingerprint density at radius 3 is 2.08 bits per heavy atom. The van der Waals surface area contributed by atoms with Crippen LogP contribution in [0.1, 0.15) is 36.3 Å². The average Bonchev–Trinajstić information content (AvgIpc) is 3.84.